The van der Waals surface area contributed by atoms with E-state index < -0.39 is 7.60 Å². The zero-order valence-corrected chi connectivity index (χ0v) is 12.3. The van der Waals surface area contributed by atoms with Gasteiger partial charge in [-0.15, -0.1) is 0 Å². The highest BCUT2D eigenvalue weighted by Gasteiger charge is 2.29. The lowest BCUT2D eigenvalue weighted by Crippen LogP contribution is -2.38. The third kappa shape index (κ3) is 5.44. The van der Waals surface area contributed by atoms with Gasteiger partial charge in [0.15, 0.2) is 0 Å². The van der Waals surface area contributed by atoms with E-state index in [4.69, 9.17) is 9.05 Å². The molecule has 0 spiro atoms. The molecule has 0 aliphatic heterocycles. The fourth-order valence-electron chi connectivity index (χ4n) is 1.64. The Bertz CT molecular complexity index is 213. The van der Waals surface area contributed by atoms with Crippen LogP contribution in [0.25, 0.3) is 0 Å². The van der Waals surface area contributed by atoms with Crippen LogP contribution >= 0.6 is 7.60 Å². The van der Waals surface area contributed by atoms with Crippen molar-refractivity contribution in [2.24, 2.45) is 0 Å². The Morgan fingerprint density at radius 3 is 1.62 bits per heavy atom. The van der Waals surface area contributed by atoms with Crippen molar-refractivity contribution in [1.82, 2.24) is 4.90 Å². The first-order valence-electron chi connectivity index (χ1n) is 6.00. The van der Waals surface area contributed by atoms with Crippen LogP contribution in [0.5, 0.6) is 0 Å². The monoisotopic (exact) mass is 251 g/mol. The standard InChI is InChI=1S/C11H26NO3P/c1-7-14-16(13,15-8-2)9-12(10(3)4)11(5)6/h10-11H,7-9H2,1-6H3. The normalized spacial score (nSPS) is 13.1. The zero-order valence-electron chi connectivity index (χ0n) is 11.4. The van der Waals surface area contributed by atoms with Crippen LogP contribution in [-0.4, -0.2) is 36.5 Å². The highest BCUT2D eigenvalue weighted by molar-refractivity contribution is 7.53. The van der Waals surface area contributed by atoms with Gasteiger partial charge < -0.3 is 9.05 Å². The number of rotatable bonds is 8. The third-order valence-corrected chi connectivity index (χ3v) is 4.29. The lowest BCUT2D eigenvalue weighted by Gasteiger charge is -2.32. The van der Waals surface area contributed by atoms with E-state index in [1.165, 1.54) is 0 Å². The lowest BCUT2D eigenvalue weighted by atomic mass is 10.2. The van der Waals surface area contributed by atoms with Gasteiger partial charge in [-0.1, -0.05) is 0 Å². The van der Waals surface area contributed by atoms with E-state index in [0.717, 1.165) is 0 Å². The number of hydrogen-bond donors (Lipinski definition) is 0. The smallest absolute Gasteiger partial charge is 0.308 e. The van der Waals surface area contributed by atoms with Crippen LogP contribution in [0.4, 0.5) is 0 Å². The van der Waals surface area contributed by atoms with Crippen molar-refractivity contribution in [3.8, 4) is 0 Å². The van der Waals surface area contributed by atoms with Gasteiger partial charge in [0.2, 0.25) is 0 Å². The minimum absolute atomic E-state index is 0.328. The minimum Gasteiger partial charge on any atom is -0.308 e. The highest BCUT2D eigenvalue weighted by Crippen LogP contribution is 2.49. The molecule has 0 heterocycles. The van der Waals surface area contributed by atoms with Crippen LogP contribution in [0.1, 0.15) is 41.5 Å². The topological polar surface area (TPSA) is 38.8 Å². The molecular formula is C11H26NO3P. The molecule has 0 amide bonds. The van der Waals surface area contributed by atoms with Crippen molar-refractivity contribution in [3.05, 3.63) is 0 Å². The highest BCUT2D eigenvalue weighted by atomic mass is 31.2. The van der Waals surface area contributed by atoms with Crippen molar-refractivity contribution in [3.63, 3.8) is 0 Å². The molecule has 5 heteroatoms. The van der Waals surface area contributed by atoms with Gasteiger partial charge in [-0.25, -0.2) is 0 Å². The van der Waals surface area contributed by atoms with Gasteiger partial charge in [-0.05, 0) is 41.5 Å². The maximum absolute atomic E-state index is 12.3. The SMILES string of the molecule is CCOP(=O)(CN(C(C)C)C(C)C)OCC. The summed E-state index contributed by atoms with van der Waals surface area (Å²) >= 11 is 0. The number of nitrogens with zero attached hydrogens (tertiary/aromatic N) is 1. The van der Waals surface area contributed by atoms with Crippen molar-refractivity contribution in [2.75, 3.05) is 19.5 Å². The van der Waals surface area contributed by atoms with Gasteiger partial charge in [0.05, 0.1) is 13.2 Å². The Morgan fingerprint density at radius 2 is 1.38 bits per heavy atom. The first-order chi connectivity index (χ1) is 7.36. The van der Waals surface area contributed by atoms with E-state index >= 15 is 0 Å². The minimum atomic E-state index is -2.96. The van der Waals surface area contributed by atoms with Crippen LogP contribution < -0.4 is 0 Å². The maximum Gasteiger partial charge on any atom is 0.344 e. The van der Waals surface area contributed by atoms with E-state index in [-0.39, 0.29) is 0 Å². The van der Waals surface area contributed by atoms with Crippen molar-refractivity contribution >= 4 is 7.60 Å². The van der Waals surface area contributed by atoms with Crippen LogP contribution in [0.2, 0.25) is 0 Å². The summed E-state index contributed by atoms with van der Waals surface area (Å²) in [6, 6.07) is 0.656. The summed E-state index contributed by atoms with van der Waals surface area (Å²) in [6.45, 7) is 12.8. The van der Waals surface area contributed by atoms with Crippen LogP contribution in [0, 0.1) is 0 Å². The molecule has 0 aliphatic carbocycles. The molecule has 0 saturated carbocycles. The van der Waals surface area contributed by atoms with Crippen LogP contribution in [0.15, 0.2) is 0 Å². The summed E-state index contributed by atoms with van der Waals surface area (Å²) < 4.78 is 22.9. The summed E-state index contributed by atoms with van der Waals surface area (Å²) in [7, 11) is -2.96. The molecule has 0 aromatic rings. The van der Waals surface area contributed by atoms with Gasteiger partial charge in [0.1, 0.15) is 6.29 Å². The molecule has 0 aromatic carbocycles. The fourth-order valence-corrected chi connectivity index (χ4v) is 3.71. The average molecular weight is 251 g/mol. The second-order valence-electron chi connectivity index (χ2n) is 4.29. The first kappa shape index (κ1) is 16.1. The largest absolute Gasteiger partial charge is 0.344 e. The van der Waals surface area contributed by atoms with Crippen molar-refractivity contribution < 1.29 is 13.6 Å². The summed E-state index contributed by atoms with van der Waals surface area (Å²) in [5, 5.41) is 0. The summed E-state index contributed by atoms with van der Waals surface area (Å²) in [4.78, 5) is 2.13. The third-order valence-electron chi connectivity index (χ3n) is 2.31. The molecule has 0 radical (unpaired) electrons. The van der Waals surface area contributed by atoms with Gasteiger partial charge in [0.25, 0.3) is 0 Å². The van der Waals surface area contributed by atoms with Gasteiger partial charge in [-0.3, -0.25) is 9.46 Å². The lowest BCUT2D eigenvalue weighted by molar-refractivity contribution is 0.160. The zero-order chi connectivity index (χ0) is 12.8. The molecule has 0 unspecified atom stereocenters. The first-order valence-corrected chi connectivity index (χ1v) is 7.73. The molecule has 98 valence electrons. The summed E-state index contributed by atoms with van der Waals surface area (Å²) in [5.41, 5.74) is 0. The van der Waals surface area contributed by atoms with E-state index in [1.807, 2.05) is 13.8 Å². The molecule has 0 aromatic heterocycles. The maximum atomic E-state index is 12.3. The van der Waals surface area contributed by atoms with E-state index in [2.05, 4.69) is 32.6 Å². The summed E-state index contributed by atoms with van der Waals surface area (Å²) in [5.74, 6) is 0. The van der Waals surface area contributed by atoms with Gasteiger partial charge in [0, 0.05) is 12.1 Å². The van der Waals surface area contributed by atoms with Crippen molar-refractivity contribution in [1.29, 1.82) is 0 Å². The molecule has 16 heavy (non-hydrogen) atoms. The van der Waals surface area contributed by atoms with Crippen LogP contribution in [-0.2, 0) is 13.6 Å². The van der Waals surface area contributed by atoms with Crippen molar-refractivity contribution in [2.45, 2.75) is 53.6 Å². The van der Waals surface area contributed by atoms with Crippen LogP contribution in [0.3, 0.4) is 0 Å². The predicted octanol–water partition coefficient (Wildman–Crippen LogP) is 3.33. The number of hydrogen-bond acceptors (Lipinski definition) is 4. The second kappa shape index (κ2) is 7.44. The molecular weight excluding hydrogens is 225 g/mol. The Morgan fingerprint density at radius 1 is 1.00 bits per heavy atom. The molecule has 4 nitrogen and oxygen atoms in total. The molecule has 0 N–H and O–H groups in total. The van der Waals surface area contributed by atoms with E-state index in [9.17, 15) is 4.57 Å². The van der Waals surface area contributed by atoms with Gasteiger partial charge >= 0.3 is 7.60 Å². The second-order valence-corrected chi connectivity index (χ2v) is 6.31. The Labute approximate surface area is 99.8 Å². The Kier molecular flexibility index (Phi) is 7.49. The molecule has 0 aliphatic rings. The Hall–Kier alpha value is 0.110. The summed E-state index contributed by atoms with van der Waals surface area (Å²) in [6.07, 6.45) is 0.365. The quantitative estimate of drug-likeness (QED) is 0.620. The molecule has 0 rings (SSSR count). The van der Waals surface area contributed by atoms with Gasteiger partial charge in [-0.2, -0.15) is 0 Å². The Balaban J connectivity index is 4.63. The molecule has 0 fully saturated rings. The van der Waals surface area contributed by atoms with E-state index in [0.29, 0.717) is 31.6 Å². The molecule has 0 bridgehead atoms. The molecule has 0 atom stereocenters. The average Bonchev–Trinajstić information content (AvgIpc) is 2.14. The van der Waals surface area contributed by atoms with E-state index in [1.54, 1.807) is 0 Å². The fraction of sp³-hybridized carbons (Fsp3) is 1.00. The predicted molar refractivity (Wildman–Crippen MR) is 67.8 cm³/mol. The molecule has 0 saturated heterocycles.